The second-order valence-electron chi connectivity index (χ2n) is 4.72. The van der Waals surface area contributed by atoms with Crippen LogP contribution in [0.1, 0.15) is 11.5 Å². The normalized spacial score (nSPS) is 16.3. The van der Waals surface area contributed by atoms with Crippen LogP contribution in [0.3, 0.4) is 0 Å². The van der Waals surface area contributed by atoms with E-state index in [1.165, 1.54) is 6.39 Å². The molecular weight excluding hydrogens is 335 g/mol. The van der Waals surface area contributed by atoms with Crippen molar-refractivity contribution in [3.05, 3.63) is 69.9 Å². The van der Waals surface area contributed by atoms with E-state index in [-0.39, 0.29) is 0 Å². The van der Waals surface area contributed by atoms with Crippen molar-refractivity contribution in [1.29, 1.82) is 5.41 Å². The number of hydrogen-bond acceptors (Lipinski definition) is 5. The molecule has 0 spiro atoms. The molecule has 5 nitrogen and oxygen atoms in total. The smallest absolute Gasteiger partial charge is 0.264 e. The molecule has 0 atom stereocenters. The summed E-state index contributed by atoms with van der Waals surface area (Å²) in [7, 11) is 1.74. The molecule has 1 aliphatic rings. The van der Waals surface area contributed by atoms with E-state index in [1.54, 1.807) is 25.2 Å². The highest BCUT2D eigenvalue weighted by molar-refractivity contribution is 6.40. The van der Waals surface area contributed by atoms with Gasteiger partial charge in [-0.1, -0.05) is 47.5 Å². The number of hydrogen-bond donors (Lipinski definition) is 2. The van der Waals surface area contributed by atoms with Gasteiger partial charge in [0.15, 0.2) is 0 Å². The van der Waals surface area contributed by atoms with Gasteiger partial charge in [0.25, 0.3) is 5.89 Å². The summed E-state index contributed by atoms with van der Waals surface area (Å²) in [6, 6.07) is 5.20. The highest BCUT2D eigenvalue weighted by Crippen LogP contribution is 2.32. The Morgan fingerprint density at radius 2 is 2.13 bits per heavy atom. The number of allylic oxidation sites excluding steroid dienone is 5. The molecule has 1 aliphatic carbocycles. The average molecular weight is 347 g/mol. The van der Waals surface area contributed by atoms with Crippen molar-refractivity contribution >= 4 is 40.2 Å². The summed E-state index contributed by atoms with van der Waals surface area (Å²) in [6.07, 6.45) is 6.74. The van der Waals surface area contributed by atoms with Crippen LogP contribution < -0.4 is 5.32 Å². The van der Waals surface area contributed by atoms with Crippen LogP contribution >= 0.6 is 23.2 Å². The van der Waals surface area contributed by atoms with Crippen LogP contribution in [-0.4, -0.2) is 23.0 Å². The quantitative estimate of drug-likeness (QED) is 0.881. The molecule has 0 saturated carbocycles. The molecule has 2 N–H and O–H groups in total. The first-order valence-electron chi connectivity index (χ1n) is 6.73. The maximum Gasteiger partial charge on any atom is 0.264 e. The molecule has 0 unspecified atom stereocenters. The molecule has 116 valence electrons. The molecule has 0 amide bonds. The van der Waals surface area contributed by atoms with Gasteiger partial charge in [0.05, 0.1) is 5.71 Å². The van der Waals surface area contributed by atoms with E-state index in [0.29, 0.717) is 38.5 Å². The van der Waals surface area contributed by atoms with Gasteiger partial charge in [0.1, 0.15) is 5.70 Å². The zero-order valence-corrected chi connectivity index (χ0v) is 13.6. The van der Waals surface area contributed by atoms with E-state index in [9.17, 15) is 0 Å². The predicted molar refractivity (Wildman–Crippen MR) is 91.6 cm³/mol. The van der Waals surface area contributed by atoms with Gasteiger partial charge in [-0.05, 0) is 12.1 Å². The Bertz CT molecular complexity index is 851. The third kappa shape index (κ3) is 2.93. The average Bonchev–Trinajstić information content (AvgIpc) is 3.04. The molecule has 2 aromatic rings. The number of halogens is 2. The van der Waals surface area contributed by atoms with E-state index in [0.717, 1.165) is 5.56 Å². The molecule has 0 fully saturated rings. The van der Waals surface area contributed by atoms with Crippen LogP contribution in [-0.2, 0) is 0 Å². The van der Waals surface area contributed by atoms with Crippen LogP contribution in [0, 0.1) is 5.41 Å². The Morgan fingerprint density at radius 3 is 2.78 bits per heavy atom. The van der Waals surface area contributed by atoms with Crippen molar-refractivity contribution in [2.45, 2.75) is 0 Å². The summed E-state index contributed by atoms with van der Waals surface area (Å²) in [4.78, 5) is 0. The van der Waals surface area contributed by atoms with Crippen molar-refractivity contribution in [3.8, 4) is 0 Å². The minimum absolute atomic E-state index is 0.305. The molecule has 1 aromatic carbocycles. The van der Waals surface area contributed by atoms with Crippen molar-refractivity contribution in [1.82, 2.24) is 15.5 Å². The van der Waals surface area contributed by atoms with Gasteiger partial charge in [0, 0.05) is 33.8 Å². The van der Waals surface area contributed by atoms with Crippen molar-refractivity contribution in [3.63, 3.8) is 0 Å². The lowest BCUT2D eigenvalue weighted by atomic mass is 9.90. The van der Waals surface area contributed by atoms with E-state index >= 15 is 0 Å². The zero-order chi connectivity index (χ0) is 16.4. The van der Waals surface area contributed by atoms with Gasteiger partial charge in [-0.25, -0.2) is 0 Å². The summed E-state index contributed by atoms with van der Waals surface area (Å²) in [5.41, 5.74) is 2.96. The minimum Gasteiger partial charge on any atom is -0.422 e. The first-order valence-corrected chi connectivity index (χ1v) is 7.49. The summed E-state index contributed by atoms with van der Waals surface area (Å²) in [6.45, 7) is 0. The van der Waals surface area contributed by atoms with Gasteiger partial charge >= 0.3 is 0 Å². The Labute approximate surface area is 142 Å². The molecule has 0 aliphatic heterocycles. The Kier molecular flexibility index (Phi) is 4.32. The van der Waals surface area contributed by atoms with Gasteiger partial charge < -0.3 is 9.73 Å². The van der Waals surface area contributed by atoms with Crippen LogP contribution in [0.4, 0.5) is 0 Å². The monoisotopic (exact) mass is 346 g/mol. The fourth-order valence-electron chi connectivity index (χ4n) is 2.33. The lowest BCUT2D eigenvalue weighted by molar-refractivity contribution is 0.534. The predicted octanol–water partition coefficient (Wildman–Crippen LogP) is 3.98. The topological polar surface area (TPSA) is 74.8 Å². The lowest BCUT2D eigenvalue weighted by Gasteiger charge is -2.17. The summed E-state index contributed by atoms with van der Waals surface area (Å²) >= 11 is 12.2. The largest absolute Gasteiger partial charge is 0.422 e. The fourth-order valence-corrected chi connectivity index (χ4v) is 2.84. The second-order valence-corrected chi connectivity index (χ2v) is 5.56. The van der Waals surface area contributed by atoms with Gasteiger partial charge in [0.2, 0.25) is 6.39 Å². The Hall–Kier alpha value is -2.37. The first-order chi connectivity index (χ1) is 11.1. The molecule has 0 radical (unpaired) electrons. The Morgan fingerprint density at radius 1 is 1.30 bits per heavy atom. The highest BCUT2D eigenvalue weighted by atomic mass is 35.5. The van der Waals surface area contributed by atoms with Crippen LogP contribution in [0.15, 0.2) is 52.8 Å². The maximum atomic E-state index is 8.53. The third-order valence-electron chi connectivity index (χ3n) is 3.38. The van der Waals surface area contributed by atoms with Crippen molar-refractivity contribution in [2.75, 3.05) is 7.05 Å². The number of rotatable bonds is 3. The fraction of sp³-hybridized carbons (Fsp3) is 0.0625. The third-order valence-corrected chi connectivity index (χ3v) is 3.93. The highest BCUT2D eigenvalue weighted by Gasteiger charge is 2.21. The number of nitrogens with one attached hydrogen (secondary N) is 2. The van der Waals surface area contributed by atoms with Gasteiger partial charge in [-0.15, -0.1) is 10.2 Å². The maximum absolute atomic E-state index is 8.53. The van der Waals surface area contributed by atoms with Crippen molar-refractivity contribution < 1.29 is 4.42 Å². The van der Waals surface area contributed by atoms with Crippen LogP contribution in [0.5, 0.6) is 0 Å². The standard InChI is InChI=1S/C16H12Cl2N4O/c1-20-15(16-22-21-8-23-16)12-4-2-3-11(14(12)19)10-6-5-9(17)7-13(10)18/h2-8,19-20H,1H3/b15-12-,19-14?. The van der Waals surface area contributed by atoms with Crippen LogP contribution in [0.2, 0.25) is 10.0 Å². The molecule has 7 heteroatoms. The first kappa shape index (κ1) is 15.5. The Balaban J connectivity index is 2.08. The molecule has 3 rings (SSSR count). The molecule has 0 bridgehead atoms. The van der Waals surface area contributed by atoms with E-state index < -0.39 is 0 Å². The van der Waals surface area contributed by atoms with Crippen molar-refractivity contribution in [2.24, 2.45) is 0 Å². The summed E-state index contributed by atoms with van der Waals surface area (Å²) < 4.78 is 5.23. The van der Waals surface area contributed by atoms with E-state index in [1.807, 2.05) is 18.2 Å². The molecule has 0 saturated heterocycles. The number of benzene rings is 1. The minimum atomic E-state index is 0.305. The summed E-state index contributed by atoms with van der Waals surface area (Å²) in [5, 5.41) is 20.2. The summed E-state index contributed by atoms with van der Waals surface area (Å²) in [5.74, 6) is 0.320. The van der Waals surface area contributed by atoms with E-state index in [2.05, 4.69) is 15.5 Å². The molecule has 1 heterocycles. The number of nitrogens with zero attached hydrogens (tertiary/aromatic N) is 2. The van der Waals surface area contributed by atoms with E-state index in [4.69, 9.17) is 33.0 Å². The van der Waals surface area contributed by atoms with Crippen LogP contribution in [0.25, 0.3) is 11.3 Å². The zero-order valence-electron chi connectivity index (χ0n) is 12.1. The lowest BCUT2D eigenvalue weighted by Crippen LogP contribution is -2.15. The molecule has 23 heavy (non-hydrogen) atoms. The SMILES string of the molecule is CN/C(=C1/C=CC=C(c2ccc(Cl)cc2Cl)C1=N)c1nnco1. The molecular formula is C16H12Cl2N4O. The second kappa shape index (κ2) is 6.40. The molecule has 1 aromatic heterocycles. The van der Waals surface area contributed by atoms with Gasteiger partial charge in [-0.2, -0.15) is 0 Å². The van der Waals surface area contributed by atoms with Gasteiger partial charge in [-0.3, -0.25) is 5.41 Å². The number of aromatic nitrogens is 2.